The first-order chi connectivity index (χ1) is 9.93. The van der Waals surface area contributed by atoms with Crippen LogP contribution in [0.4, 0.5) is 5.69 Å². The van der Waals surface area contributed by atoms with Crippen molar-refractivity contribution >= 4 is 17.5 Å². The second-order valence-corrected chi connectivity index (χ2v) is 5.09. The lowest BCUT2D eigenvalue weighted by Crippen LogP contribution is -2.42. The van der Waals surface area contributed by atoms with Crippen LogP contribution in [0.3, 0.4) is 0 Å². The predicted octanol–water partition coefficient (Wildman–Crippen LogP) is 0.226. The minimum atomic E-state index is -0.751. The van der Waals surface area contributed by atoms with Gasteiger partial charge in [0, 0.05) is 18.8 Å². The second kappa shape index (κ2) is 8.39. The molecule has 0 aliphatic heterocycles. The van der Waals surface area contributed by atoms with Crippen LogP contribution in [0, 0.1) is 0 Å². The summed E-state index contributed by atoms with van der Waals surface area (Å²) in [5.74, 6) is -1.48. The number of carbonyl (C=O) groups excluding carboxylic acids is 2. The van der Waals surface area contributed by atoms with Gasteiger partial charge in [-0.25, -0.2) is 0 Å². The summed E-state index contributed by atoms with van der Waals surface area (Å²) in [5, 5.41) is 14.6. The van der Waals surface area contributed by atoms with Crippen LogP contribution < -0.4 is 10.6 Å². The van der Waals surface area contributed by atoms with E-state index in [9.17, 15) is 14.7 Å². The molecule has 0 aromatic heterocycles. The summed E-state index contributed by atoms with van der Waals surface area (Å²) in [5.41, 5.74) is 1.60. The van der Waals surface area contributed by atoms with Crippen molar-refractivity contribution in [2.24, 2.45) is 0 Å². The third kappa shape index (κ3) is 5.93. The van der Waals surface area contributed by atoms with Gasteiger partial charge >= 0.3 is 11.8 Å². The molecule has 0 aliphatic rings. The Hall–Kier alpha value is -1.92. The topological polar surface area (TPSA) is 81.7 Å². The molecule has 0 bridgehead atoms. The van der Waals surface area contributed by atoms with Crippen molar-refractivity contribution < 1.29 is 14.7 Å². The Kier molecular flexibility index (Phi) is 6.84. The fourth-order valence-electron chi connectivity index (χ4n) is 1.91. The van der Waals surface area contributed by atoms with Crippen molar-refractivity contribution in [2.75, 3.05) is 32.5 Å². The maximum Gasteiger partial charge on any atom is 0.313 e. The third-order valence-corrected chi connectivity index (χ3v) is 2.93. The summed E-state index contributed by atoms with van der Waals surface area (Å²) in [4.78, 5) is 25.3. The highest BCUT2D eigenvalue weighted by atomic mass is 16.3. The molecule has 0 fully saturated rings. The summed E-state index contributed by atoms with van der Waals surface area (Å²) in [7, 11) is 3.64. The van der Waals surface area contributed by atoms with E-state index in [4.69, 9.17) is 0 Å². The number of anilines is 1. The number of amides is 2. The Morgan fingerprint density at radius 1 is 1.24 bits per heavy atom. The Labute approximate surface area is 125 Å². The van der Waals surface area contributed by atoms with E-state index in [1.165, 1.54) is 0 Å². The molecule has 3 N–H and O–H groups in total. The van der Waals surface area contributed by atoms with Gasteiger partial charge in [-0.15, -0.1) is 0 Å². The minimum Gasteiger partial charge on any atom is -0.390 e. The zero-order valence-electron chi connectivity index (χ0n) is 12.7. The van der Waals surface area contributed by atoms with Crippen LogP contribution in [-0.2, 0) is 16.0 Å². The predicted molar refractivity (Wildman–Crippen MR) is 82.0 cm³/mol. The van der Waals surface area contributed by atoms with Gasteiger partial charge in [-0.05, 0) is 32.1 Å². The third-order valence-electron chi connectivity index (χ3n) is 2.93. The SMILES string of the molecule is CCc1ccccc1NC(=O)C(=O)NCC(O)CN(C)C. The van der Waals surface area contributed by atoms with Crippen molar-refractivity contribution in [3.63, 3.8) is 0 Å². The molecule has 6 heteroatoms. The number of aliphatic hydroxyl groups is 1. The monoisotopic (exact) mass is 293 g/mol. The zero-order chi connectivity index (χ0) is 15.8. The van der Waals surface area contributed by atoms with E-state index in [1.54, 1.807) is 17.0 Å². The van der Waals surface area contributed by atoms with Crippen LogP contribution in [0.2, 0.25) is 0 Å². The average Bonchev–Trinajstić information content (AvgIpc) is 2.44. The van der Waals surface area contributed by atoms with Gasteiger partial charge in [0.1, 0.15) is 0 Å². The highest BCUT2D eigenvalue weighted by Gasteiger charge is 2.16. The number of aliphatic hydroxyl groups excluding tert-OH is 1. The lowest BCUT2D eigenvalue weighted by Gasteiger charge is -2.16. The molecule has 0 heterocycles. The number of aryl methyl sites for hydroxylation is 1. The van der Waals surface area contributed by atoms with Gasteiger partial charge in [0.2, 0.25) is 0 Å². The van der Waals surface area contributed by atoms with Gasteiger partial charge in [-0.1, -0.05) is 25.1 Å². The first-order valence-corrected chi connectivity index (χ1v) is 6.94. The van der Waals surface area contributed by atoms with E-state index in [0.29, 0.717) is 12.2 Å². The second-order valence-electron chi connectivity index (χ2n) is 5.09. The standard InChI is InChI=1S/C15H23N3O3/c1-4-11-7-5-6-8-13(11)17-15(21)14(20)16-9-12(19)10-18(2)3/h5-8,12,19H,4,9-10H2,1-3H3,(H,16,20)(H,17,21). The molecule has 2 amide bonds. The van der Waals surface area contributed by atoms with Gasteiger partial charge < -0.3 is 20.6 Å². The zero-order valence-corrected chi connectivity index (χ0v) is 12.7. The fraction of sp³-hybridized carbons (Fsp3) is 0.467. The number of benzene rings is 1. The average molecular weight is 293 g/mol. The molecule has 0 aliphatic carbocycles. The van der Waals surface area contributed by atoms with Crippen LogP contribution in [0.25, 0.3) is 0 Å². The first-order valence-electron chi connectivity index (χ1n) is 6.94. The highest BCUT2D eigenvalue weighted by Crippen LogP contribution is 2.14. The van der Waals surface area contributed by atoms with Gasteiger partial charge in [0.15, 0.2) is 0 Å². The summed E-state index contributed by atoms with van der Waals surface area (Å²) in [6, 6.07) is 7.33. The first kappa shape index (κ1) is 17.1. The molecule has 0 saturated heterocycles. The van der Waals surface area contributed by atoms with E-state index in [-0.39, 0.29) is 6.54 Å². The summed E-state index contributed by atoms with van der Waals surface area (Å²) >= 11 is 0. The fourth-order valence-corrected chi connectivity index (χ4v) is 1.91. The Balaban J connectivity index is 2.50. The Morgan fingerprint density at radius 3 is 2.52 bits per heavy atom. The molecular formula is C15H23N3O3. The molecule has 116 valence electrons. The van der Waals surface area contributed by atoms with Crippen molar-refractivity contribution in [1.29, 1.82) is 0 Å². The maximum atomic E-state index is 11.8. The van der Waals surface area contributed by atoms with Crippen molar-refractivity contribution in [3.05, 3.63) is 29.8 Å². The highest BCUT2D eigenvalue weighted by molar-refractivity contribution is 6.39. The summed E-state index contributed by atoms with van der Waals surface area (Å²) in [6.45, 7) is 2.43. The molecule has 6 nitrogen and oxygen atoms in total. The van der Waals surface area contributed by atoms with Crippen LogP contribution >= 0.6 is 0 Å². The number of rotatable bonds is 6. The Bertz CT molecular complexity index is 489. The molecule has 1 aromatic carbocycles. The molecule has 0 saturated carbocycles. The van der Waals surface area contributed by atoms with Crippen LogP contribution in [0.5, 0.6) is 0 Å². The molecule has 0 radical (unpaired) electrons. The van der Waals surface area contributed by atoms with Crippen molar-refractivity contribution in [2.45, 2.75) is 19.4 Å². The normalized spacial score (nSPS) is 12.0. The van der Waals surface area contributed by atoms with Gasteiger partial charge in [-0.3, -0.25) is 9.59 Å². The van der Waals surface area contributed by atoms with Crippen molar-refractivity contribution in [3.8, 4) is 0 Å². The smallest absolute Gasteiger partial charge is 0.313 e. The van der Waals surface area contributed by atoms with Gasteiger partial charge in [0.25, 0.3) is 0 Å². The van der Waals surface area contributed by atoms with Crippen molar-refractivity contribution in [1.82, 2.24) is 10.2 Å². The molecule has 1 atom stereocenters. The van der Waals surface area contributed by atoms with E-state index in [1.807, 2.05) is 33.2 Å². The molecule has 1 unspecified atom stereocenters. The van der Waals surface area contributed by atoms with E-state index in [2.05, 4.69) is 10.6 Å². The molecule has 1 aromatic rings. The Morgan fingerprint density at radius 2 is 1.90 bits per heavy atom. The number of para-hydroxylation sites is 1. The van der Waals surface area contributed by atoms with Gasteiger partial charge in [-0.2, -0.15) is 0 Å². The largest absolute Gasteiger partial charge is 0.390 e. The van der Waals surface area contributed by atoms with Crippen LogP contribution in [0.1, 0.15) is 12.5 Å². The van der Waals surface area contributed by atoms with Gasteiger partial charge in [0.05, 0.1) is 6.10 Å². The van der Waals surface area contributed by atoms with E-state index >= 15 is 0 Å². The maximum absolute atomic E-state index is 11.8. The molecular weight excluding hydrogens is 270 g/mol. The lowest BCUT2D eigenvalue weighted by molar-refractivity contribution is -0.136. The number of nitrogens with one attached hydrogen (secondary N) is 2. The quantitative estimate of drug-likeness (QED) is 0.656. The molecule has 1 rings (SSSR count). The number of hydrogen-bond acceptors (Lipinski definition) is 4. The summed E-state index contributed by atoms with van der Waals surface area (Å²) in [6.07, 6.45) is 0.0549. The molecule has 21 heavy (non-hydrogen) atoms. The van der Waals surface area contributed by atoms with E-state index < -0.39 is 17.9 Å². The number of nitrogens with zero attached hydrogens (tertiary/aromatic N) is 1. The minimum absolute atomic E-state index is 0.0415. The van der Waals surface area contributed by atoms with E-state index in [0.717, 1.165) is 12.0 Å². The lowest BCUT2D eigenvalue weighted by atomic mass is 10.1. The molecule has 0 spiro atoms. The number of carbonyl (C=O) groups is 2. The van der Waals surface area contributed by atoms with Crippen LogP contribution in [-0.4, -0.2) is 55.1 Å². The summed E-state index contributed by atoms with van der Waals surface area (Å²) < 4.78 is 0. The van der Waals surface area contributed by atoms with Crippen LogP contribution in [0.15, 0.2) is 24.3 Å². The number of hydrogen-bond donors (Lipinski definition) is 3. The number of likely N-dealkylation sites (N-methyl/N-ethyl adjacent to an activating group) is 1.